The van der Waals surface area contributed by atoms with Crippen LogP contribution in [-0.2, 0) is 0 Å². The highest BCUT2D eigenvalue weighted by Gasteiger charge is 2.10. The number of hydrogen-bond donors (Lipinski definition) is 1. The molecular formula is C19H21ClN6. The molecule has 1 N–H and O–H groups in total. The number of H-pyrrole nitrogens is 1. The number of fused-ring (bicyclic) bond motifs is 1. The molecule has 3 rings (SSSR count). The van der Waals surface area contributed by atoms with E-state index in [1.165, 1.54) is 6.33 Å². The zero-order valence-corrected chi connectivity index (χ0v) is 16.1. The van der Waals surface area contributed by atoms with Crippen LogP contribution in [0.5, 0.6) is 0 Å². The number of halogens is 1. The summed E-state index contributed by atoms with van der Waals surface area (Å²) in [6.45, 7) is 10.8. The molecule has 3 aromatic heterocycles. The first-order chi connectivity index (χ1) is 12.3. The van der Waals surface area contributed by atoms with E-state index < -0.39 is 0 Å². The van der Waals surface area contributed by atoms with Gasteiger partial charge in [0.1, 0.15) is 23.1 Å². The second-order valence-electron chi connectivity index (χ2n) is 6.40. The maximum atomic E-state index is 6.09. The van der Waals surface area contributed by atoms with Gasteiger partial charge in [-0.05, 0) is 32.4 Å². The van der Waals surface area contributed by atoms with Crippen molar-refractivity contribution in [2.75, 3.05) is 18.5 Å². The minimum Gasteiger partial charge on any atom is -0.355 e. The van der Waals surface area contributed by atoms with Crippen LogP contribution in [0.2, 0.25) is 5.15 Å². The van der Waals surface area contributed by atoms with Crippen LogP contribution in [0.15, 0.2) is 36.8 Å². The molecule has 0 aliphatic rings. The Hall–Kier alpha value is -2.73. The Bertz CT molecular complexity index is 1000. The Kier molecular flexibility index (Phi) is 5.04. The molecule has 6 nitrogen and oxygen atoms in total. The van der Waals surface area contributed by atoms with Gasteiger partial charge in [-0.25, -0.2) is 19.9 Å². The number of hydrogen-bond acceptors (Lipinski definition) is 5. The fraction of sp³-hybridized carbons (Fsp3) is 0.263. The lowest BCUT2D eigenvalue weighted by atomic mass is 10.1. The van der Waals surface area contributed by atoms with Crippen molar-refractivity contribution >= 4 is 34.2 Å². The summed E-state index contributed by atoms with van der Waals surface area (Å²) >= 11 is 6.09. The maximum absolute atomic E-state index is 6.09. The number of rotatable bonds is 5. The molecule has 0 saturated carbocycles. The summed E-state index contributed by atoms with van der Waals surface area (Å²) < 4.78 is 0. The fourth-order valence-corrected chi connectivity index (χ4v) is 3.00. The number of likely N-dealkylation sites (N-methyl/N-ethyl adjacent to an activating group) is 1. The highest BCUT2D eigenvalue weighted by Crippen LogP contribution is 2.23. The third-order valence-corrected chi connectivity index (χ3v) is 4.47. The lowest BCUT2D eigenvalue weighted by molar-refractivity contribution is 0.929. The number of aryl methyl sites for hydroxylation is 1. The van der Waals surface area contributed by atoms with Gasteiger partial charge in [0.25, 0.3) is 0 Å². The van der Waals surface area contributed by atoms with Crippen LogP contribution in [0.4, 0.5) is 5.82 Å². The molecule has 3 heterocycles. The zero-order chi connectivity index (χ0) is 18.8. The number of imidazole rings is 1. The van der Waals surface area contributed by atoms with E-state index in [0.29, 0.717) is 11.7 Å². The molecule has 0 atom stereocenters. The Morgan fingerprint density at radius 2 is 2.08 bits per heavy atom. The van der Waals surface area contributed by atoms with E-state index in [2.05, 4.69) is 44.5 Å². The largest absolute Gasteiger partial charge is 0.355 e. The second-order valence-corrected chi connectivity index (χ2v) is 6.76. The molecule has 7 heteroatoms. The zero-order valence-electron chi connectivity index (χ0n) is 15.3. The molecule has 0 radical (unpaired) electrons. The molecule has 0 unspecified atom stereocenters. The van der Waals surface area contributed by atoms with Crippen molar-refractivity contribution in [1.82, 2.24) is 24.9 Å². The lowest BCUT2D eigenvalue weighted by Gasteiger charge is -2.20. The van der Waals surface area contributed by atoms with Crippen molar-refractivity contribution in [2.24, 2.45) is 0 Å². The van der Waals surface area contributed by atoms with E-state index in [-0.39, 0.29) is 0 Å². The number of nitrogens with zero attached hydrogens (tertiary/aromatic N) is 5. The highest BCUT2D eigenvalue weighted by atomic mass is 35.5. The van der Waals surface area contributed by atoms with Gasteiger partial charge >= 0.3 is 0 Å². The van der Waals surface area contributed by atoms with Crippen molar-refractivity contribution in [3.05, 3.63) is 58.9 Å². The number of pyridine rings is 1. The maximum Gasteiger partial charge on any atom is 0.177 e. The number of nitrogens with one attached hydrogen (secondary N) is 1. The van der Waals surface area contributed by atoms with Gasteiger partial charge in [0.15, 0.2) is 5.65 Å². The van der Waals surface area contributed by atoms with Crippen LogP contribution in [0, 0.1) is 13.8 Å². The van der Waals surface area contributed by atoms with Crippen molar-refractivity contribution in [3.63, 3.8) is 0 Å². The van der Waals surface area contributed by atoms with Gasteiger partial charge in [0.05, 0.1) is 5.52 Å². The second kappa shape index (κ2) is 7.25. The van der Waals surface area contributed by atoms with Gasteiger partial charge in [-0.2, -0.15) is 0 Å². The smallest absolute Gasteiger partial charge is 0.177 e. The van der Waals surface area contributed by atoms with E-state index in [1.807, 2.05) is 31.9 Å². The molecule has 0 aliphatic heterocycles. The van der Waals surface area contributed by atoms with Crippen LogP contribution < -0.4 is 4.90 Å². The van der Waals surface area contributed by atoms with Gasteiger partial charge in [0, 0.05) is 30.9 Å². The van der Waals surface area contributed by atoms with Gasteiger partial charge in [-0.3, -0.25) is 0 Å². The summed E-state index contributed by atoms with van der Waals surface area (Å²) in [7, 11) is 1.98. The molecule has 134 valence electrons. The van der Waals surface area contributed by atoms with Crippen LogP contribution in [0.25, 0.3) is 16.7 Å². The molecule has 0 aromatic carbocycles. The average Bonchev–Trinajstić information content (AvgIpc) is 2.96. The number of aromatic amines is 1. The van der Waals surface area contributed by atoms with E-state index in [1.54, 1.807) is 6.20 Å². The minimum atomic E-state index is 0.474. The normalized spacial score (nSPS) is 11.8. The topological polar surface area (TPSA) is 70.6 Å². The van der Waals surface area contributed by atoms with Crippen LogP contribution in [0.1, 0.15) is 23.9 Å². The highest BCUT2D eigenvalue weighted by molar-refractivity contribution is 6.30. The third kappa shape index (κ3) is 3.75. The molecule has 0 fully saturated rings. The monoisotopic (exact) mass is 368 g/mol. The van der Waals surface area contributed by atoms with Crippen molar-refractivity contribution in [2.45, 2.75) is 20.8 Å². The summed E-state index contributed by atoms with van der Waals surface area (Å²) in [5.74, 6) is 1.67. The number of aromatic nitrogens is 5. The Morgan fingerprint density at radius 3 is 2.85 bits per heavy atom. The van der Waals surface area contributed by atoms with E-state index >= 15 is 0 Å². The van der Waals surface area contributed by atoms with Crippen LogP contribution in [-0.4, -0.2) is 38.5 Å². The first kappa shape index (κ1) is 18.1. The standard InChI is InChI=1S/C19H21ClN6/c1-11(9-26(5)19-13(3)17(20)22-10-23-19)6-12(2)15-7-16-18(21-8-15)25-14(4)24-16/h6-8,10H,2,9H2,1,3-5H3,(H,21,24,25). The predicted octanol–water partition coefficient (Wildman–Crippen LogP) is 4.11. The summed E-state index contributed by atoms with van der Waals surface area (Å²) in [5, 5.41) is 0.474. The Labute approximate surface area is 157 Å². The van der Waals surface area contributed by atoms with Crippen LogP contribution in [0.3, 0.4) is 0 Å². The predicted molar refractivity (Wildman–Crippen MR) is 106 cm³/mol. The molecule has 0 aliphatic carbocycles. The quantitative estimate of drug-likeness (QED) is 0.542. The summed E-state index contributed by atoms with van der Waals surface area (Å²) in [4.78, 5) is 22.3. The van der Waals surface area contributed by atoms with Crippen molar-refractivity contribution < 1.29 is 0 Å². The molecule has 3 aromatic rings. The number of anilines is 1. The molecule has 0 saturated heterocycles. The van der Waals surface area contributed by atoms with Gasteiger partial charge in [-0.1, -0.05) is 29.8 Å². The van der Waals surface area contributed by atoms with Crippen LogP contribution >= 0.6 is 11.6 Å². The minimum absolute atomic E-state index is 0.474. The van der Waals surface area contributed by atoms with E-state index in [4.69, 9.17) is 11.6 Å². The SMILES string of the molecule is C=C(C=C(C)CN(C)c1ncnc(Cl)c1C)c1cnc2nc(C)[nH]c2c1. The van der Waals surface area contributed by atoms with Crippen molar-refractivity contribution in [1.29, 1.82) is 0 Å². The average molecular weight is 369 g/mol. The summed E-state index contributed by atoms with van der Waals surface area (Å²) in [6, 6.07) is 2.02. The first-order valence-corrected chi connectivity index (χ1v) is 8.60. The lowest BCUT2D eigenvalue weighted by Crippen LogP contribution is -2.21. The van der Waals surface area contributed by atoms with E-state index in [0.717, 1.165) is 45.1 Å². The first-order valence-electron chi connectivity index (χ1n) is 8.22. The van der Waals surface area contributed by atoms with Crippen molar-refractivity contribution in [3.8, 4) is 0 Å². The Morgan fingerprint density at radius 1 is 1.31 bits per heavy atom. The molecular weight excluding hydrogens is 348 g/mol. The molecule has 0 spiro atoms. The summed E-state index contributed by atoms with van der Waals surface area (Å²) in [5.41, 5.74) is 5.51. The van der Waals surface area contributed by atoms with Gasteiger partial charge in [0.2, 0.25) is 0 Å². The number of allylic oxidation sites excluding steroid dienone is 2. The third-order valence-electron chi connectivity index (χ3n) is 4.09. The fourth-order valence-electron chi connectivity index (χ4n) is 2.88. The van der Waals surface area contributed by atoms with Gasteiger partial charge in [-0.15, -0.1) is 0 Å². The Balaban J connectivity index is 1.77. The molecule has 0 amide bonds. The summed E-state index contributed by atoms with van der Waals surface area (Å²) in [6.07, 6.45) is 5.33. The molecule has 26 heavy (non-hydrogen) atoms. The van der Waals surface area contributed by atoms with Gasteiger partial charge < -0.3 is 9.88 Å². The molecule has 0 bridgehead atoms. The van der Waals surface area contributed by atoms with E-state index in [9.17, 15) is 0 Å².